The van der Waals surface area contributed by atoms with Crippen LogP contribution in [0.5, 0.6) is 0 Å². The van der Waals surface area contributed by atoms with E-state index in [1.165, 1.54) is 6.33 Å². The lowest BCUT2D eigenvalue weighted by Gasteiger charge is -2.31. The molecule has 43 heavy (non-hydrogen) atoms. The number of morpholine rings is 1. The van der Waals surface area contributed by atoms with Gasteiger partial charge in [-0.2, -0.15) is 4.90 Å². The molecule has 0 N–H and O–H groups in total. The molecular formula is C30H41N5O7S. The van der Waals surface area contributed by atoms with Crippen molar-refractivity contribution in [3.05, 3.63) is 18.1 Å². The molecule has 2 amide bonds. The lowest BCUT2D eigenvalue weighted by Crippen LogP contribution is -2.44. The van der Waals surface area contributed by atoms with Gasteiger partial charge in [-0.25, -0.2) is 19.6 Å². The number of carbonyl (C=O) groups is 2. The molecule has 2 aromatic rings. The Bertz CT molecular complexity index is 1390. The van der Waals surface area contributed by atoms with Crippen molar-refractivity contribution in [3.8, 4) is 12.3 Å². The first-order chi connectivity index (χ1) is 20.1. The number of rotatable bonds is 4. The van der Waals surface area contributed by atoms with Crippen molar-refractivity contribution in [3.63, 3.8) is 0 Å². The molecule has 4 atom stereocenters. The van der Waals surface area contributed by atoms with Crippen molar-refractivity contribution in [1.29, 1.82) is 0 Å². The minimum atomic E-state index is -0.937. The number of ether oxygens (including phenoxy) is 5. The van der Waals surface area contributed by atoms with Gasteiger partial charge in [0.1, 0.15) is 40.8 Å². The summed E-state index contributed by atoms with van der Waals surface area (Å²) in [5.74, 6) is 1.92. The molecule has 3 fully saturated rings. The number of terminal acetylenes is 1. The van der Waals surface area contributed by atoms with Crippen LogP contribution < -0.4 is 4.90 Å². The smallest absolute Gasteiger partial charge is 0.425 e. The Labute approximate surface area is 256 Å². The number of hydrogen-bond acceptors (Lipinski definition) is 11. The summed E-state index contributed by atoms with van der Waals surface area (Å²) in [5, 5.41) is 0.221. The third-order valence-corrected chi connectivity index (χ3v) is 8.59. The molecular weight excluding hydrogens is 574 g/mol. The van der Waals surface area contributed by atoms with Crippen LogP contribution in [0.3, 0.4) is 0 Å². The van der Waals surface area contributed by atoms with E-state index in [2.05, 4.69) is 20.8 Å². The van der Waals surface area contributed by atoms with Crippen molar-refractivity contribution in [2.24, 2.45) is 0 Å². The molecule has 13 heteroatoms. The number of amides is 2. The first-order valence-corrected chi connectivity index (χ1v) is 15.4. The Kier molecular flexibility index (Phi) is 8.47. The molecule has 2 aromatic heterocycles. The second kappa shape index (κ2) is 11.6. The van der Waals surface area contributed by atoms with Crippen molar-refractivity contribution < 1.29 is 33.3 Å². The van der Waals surface area contributed by atoms with Crippen LogP contribution in [-0.2, 0) is 23.7 Å². The summed E-state index contributed by atoms with van der Waals surface area (Å²) >= 11 is 1.74. The van der Waals surface area contributed by atoms with E-state index in [0.29, 0.717) is 29.8 Å². The molecule has 0 bridgehead atoms. The molecule has 5 rings (SSSR count). The van der Waals surface area contributed by atoms with Gasteiger partial charge in [-0.1, -0.05) is 5.92 Å². The van der Waals surface area contributed by atoms with Crippen molar-refractivity contribution in [2.75, 3.05) is 37.7 Å². The maximum Gasteiger partial charge on any atom is 0.425 e. The Morgan fingerprint density at radius 3 is 2.26 bits per heavy atom. The fourth-order valence-corrected chi connectivity index (χ4v) is 7.15. The Morgan fingerprint density at radius 2 is 1.67 bits per heavy atom. The molecule has 3 saturated heterocycles. The van der Waals surface area contributed by atoms with Gasteiger partial charge in [0, 0.05) is 31.1 Å². The molecule has 3 aliphatic heterocycles. The summed E-state index contributed by atoms with van der Waals surface area (Å²) < 4.78 is 31.6. The second-order valence-corrected chi connectivity index (χ2v) is 14.7. The first kappa shape index (κ1) is 31.5. The quantitative estimate of drug-likeness (QED) is 0.451. The van der Waals surface area contributed by atoms with Gasteiger partial charge in [-0.15, -0.1) is 18.2 Å². The maximum atomic E-state index is 13.5. The standard InChI is InChI=1S/C30H41N5O7S/c1-10-18-15-34(25-22-21(39-30(8,9)40-22)19(43-25)16-33-11-13-38-14-12-33)23-20(18)24(32-17-31-23)35(26(36)41-28(2,3)4)27(37)42-29(5,6)7/h1,15,17,19,21-22,25H,11-14,16H2,2-9H3/t19-,21-,22-,25-/m1/s1. The zero-order valence-corrected chi connectivity index (χ0v) is 26.9. The van der Waals surface area contributed by atoms with Crippen LogP contribution in [0.4, 0.5) is 15.4 Å². The third kappa shape index (κ3) is 6.78. The summed E-state index contributed by atoms with van der Waals surface area (Å²) in [6.45, 7) is 18.0. The lowest BCUT2D eigenvalue weighted by atomic mass is 10.1. The number of thioether (sulfide) groups is 1. The maximum absolute atomic E-state index is 13.5. The zero-order chi connectivity index (χ0) is 31.3. The van der Waals surface area contributed by atoms with Gasteiger partial charge in [-0.3, -0.25) is 4.90 Å². The highest BCUT2D eigenvalue weighted by atomic mass is 32.2. The highest BCUT2D eigenvalue weighted by molar-refractivity contribution is 8.00. The molecule has 12 nitrogen and oxygen atoms in total. The summed E-state index contributed by atoms with van der Waals surface area (Å²) in [6.07, 6.45) is 6.77. The van der Waals surface area contributed by atoms with E-state index in [1.54, 1.807) is 59.5 Å². The first-order valence-electron chi connectivity index (χ1n) is 14.5. The van der Waals surface area contributed by atoms with E-state index in [1.807, 2.05) is 18.4 Å². The van der Waals surface area contributed by atoms with Gasteiger partial charge in [-0.05, 0) is 55.4 Å². The molecule has 0 aromatic carbocycles. The predicted octanol–water partition coefficient (Wildman–Crippen LogP) is 4.56. The number of hydrogen-bond donors (Lipinski definition) is 0. The molecule has 0 unspecified atom stereocenters. The van der Waals surface area contributed by atoms with Crippen molar-refractivity contribution >= 4 is 40.8 Å². The van der Waals surface area contributed by atoms with Crippen LogP contribution in [0.1, 0.15) is 66.3 Å². The largest absolute Gasteiger partial charge is 0.443 e. The predicted molar refractivity (Wildman–Crippen MR) is 162 cm³/mol. The van der Waals surface area contributed by atoms with E-state index in [4.69, 9.17) is 30.1 Å². The fraction of sp³-hybridized carbons (Fsp3) is 0.667. The van der Waals surface area contributed by atoms with Crippen LogP contribution in [0, 0.1) is 12.3 Å². The number of anilines is 1. The van der Waals surface area contributed by atoms with E-state index >= 15 is 0 Å². The SMILES string of the molecule is C#Cc1cn([C@@H]2S[C@H](CN3CCOCC3)[C@H]3OC(C)(C)O[C@H]32)c2ncnc(N(C(=O)OC(C)(C)C)C(=O)OC(C)(C)C)c12. The number of nitrogens with zero attached hydrogens (tertiary/aromatic N) is 5. The van der Waals surface area contributed by atoms with Crippen LogP contribution in [0.2, 0.25) is 0 Å². The average molecular weight is 616 g/mol. The molecule has 0 spiro atoms. The lowest BCUT2D eigenvalue weighted by molar-refractivity contribution is -0.149. The van der Waals surface area contributed by atoms with E-state index < -0.39 is 29.2 Å². The molecule has 0 saturated carbocycles. The van der Waals surface area contributed by atoms with Gasteiger partial charge < -0.3 is 28.3 Å². The molecule has 3 aliphatic rings. The van der Waals surface area contributed by atoms with Crippen LogP contribution in [0.25, 0.3) is 11.0 Å². The average Bonchev–Trinajstić information content (AvgIpc) is 3.51. The molecule has 0 radical (unpaired) electrons. The normalized spacial score (nSPS) is 25.7. The summed E-state index contributed by atoms with van der Waals surface area (Å²) in [7, 11) is 0. The van der Waals surface area contributed by atoms with Crippen LogP contribution in [0.15, 0.2) is 12.5 Å². The third-order valence-electron chi connectivity index (χ3n) is 7.05. The topological polar surface area (TPSA) is 117 Å². The minimum Gasteiger partial charge on any atom is -0.443 e. The second-order valence-electron chi connectivity index (χ2n) is 13.3. The monoisotopic (exact) mass is 615 g/mol. The summed E-state index contributed by atoms with van der Waals surface area (Å²) in [4.78, 5) is 39.1. The van der Waals surface area contributed by atoms with Crippen LogP contribution >= 0.6 is 11.8 Å². The van der Waals surface area contributed by atoms with Gasteiger partial charge in [0.05, 0.1) is 24.2 Å². The summed E-state index contributed by atoms with van der Waals surface area (Å²) in [5.41, 5.74) is -0.912. The van der Waals surface area contributed by atoms with E-state index in [-0.39, 0.29) is 28.6 Å². The molecule has 5 heterocycles. The molecule has 0 aliphatic carbocycles. The van der Waals surface area contributed by atoms with E-state index in [9.17, 15) is 9.59 Å². The number of carbonyl (C=O) groups excluding carboxylic acids is 2. The Hall–Kier alpha value is -2.89. The number of aromatic nitrogens is 3. The van der Waals surface area contributed by atoms with Crippen molar-refractivity contribution in [1.82, 2.24) is 19.4 Å². The van der Waals surface area contributed by atoms with E-state index in [0.717, 1.165) is 24.5 Å². The Balaban J connectivity index is 1.57. The van der Waals surface area contributed by atoms with Gasteiger partial charge in [0.25, 0.3) is 0 Å². The number of fused-ring (bicyclic) bond motifs is 2. The van der Waals surface area contributed by atoms with Gasteiger partial charge in [0.2, 0.25) is 0 Å². The fourth-order valence-electron chi connectivity index (χ4n) is 5.47. The molecule has 234 valence electrons. The minimum absolute atomic E-state index is 0.0199. The van der Waals surface area contributed by atoms with Gasteiger partial charge >= 0.3 is 12.2 Å². The highest BCUT2D eigenvalue weighted by Crippen LogP contribution is 2.52. The zero-order valence-electron chi connectivity index (χ0n) is 26.1. The number of imide groups is 1. The summed E-state index contributed by atoms with van der Waals surface area (Å²) in [6, 6.07) is 0. The highest BCUT2D eigenvalue weighted by Gasteiger charge is 2.56. The van der Waals surface area contributed by atoms with Crippen molar-refractivity contribution in [2.45, 2.75) is 95.2 Å². The van der Waals surface area contributed by atoms with Crippen LogP contribution in [-0.4, -0.2) is 98.9 Å². The Morgan fingerprint density at radius 1 is 1.07 bits per heavy atom. The van der Waals surface area contributed by atoms with Gasteiger partial charge in [0.15, 0.2) is 11.6 Å².